The van der Waals surface area contributed by atoms with Crippen molar-refractivity contribution in [3.8, 4) is 28.4 Å². The van der Waals surface area contributed by atoms with Crippen LogP contribution in [0.5, 0.6) is 17.2 Å². The lowest BCUT2D eigenvalue weighted by Gasteiger charge is -2.44. The van der Waals surface area contributed by atoms with Crippen LogP contribution in [0.25, 0.3) is 22.1 Å². The van der Waals surface area contributed by atoms with Gasteiger partial charge >= 0.3 is 0 Å². The van der Waals surface area contributed by atoms with Crippen molar-refractivity contribution in [1.29, 1.82) is 0 Å². The van der Waals surface area contributed by atoms with E-state index in [0.717, 1.165) is 0 Å². The second-order valence-corrected chi connectivity index (χ2v) is 11.4. The number of ether oxygens (including phenoxy) is 8. The molecule has 7 atom stereocenters. The predicted octanol–water partition coefficient (Wildman–Crippen LogP) is 5.14. The first-order chi connectivity index (χ1) is 22.8. The van der Waals surface area contributed by atoms with Crippen molar-refractivity contribution in [2.75, 3.05) is 39.6 Å². The first-order valence-corrected chi connectivity index (χ1v) is 16.4. The molecule has 2 aliphatic heterocycles. The molecular weight excluding hydrogens is 612 g/mol. The fraction of sp³-hybridized carbons (Fsp3) is 0.571. The molecule has 0 unspecified atom stereocenters. The quantitative estimate of drug-likeness (QED) is 0.223. The van der Waals surface area contributed by atoms with Crippen LogP contribution < -0.4 is 10.2 Å². The van der Waals surface area contributed by atoms with Crippen molar-refractivity contribution in [2.45, 2.75) is 90.1 Å². The monoisotopic (exact) mass is 658 g/mol. The highest BCUT2D eigenvalue weighted by molar-refractivity contribution is 5.88. The van der Waals surface area contributed by atoms with Crippen molar-refractivity contribution in [1.82, 2.24) is 0 Å². The van der Waals surface area contributed by atoms with Gasteiger partial charge < -0.3 is 52.5 Å². The van der Waals surface area contributed by atoms with Gasteiger partial charge in [0.1, 0.15) is 52.8 Å². The summed E-state index contributed by atoms with van der Waals surface area (Å²) in [7, 11) is 0. The molecule has 1 aromatic heterocycles. The summed E-state index contributed by atoms with van der Waals surface area (Å²) in [6.07, 6.45) is 0.00498. The average molecular weight is 659 g/mol. The lowest BCUT2D eigenvalue weighted by atomic mass is 10.0. The standard InChI is InChI=1S/C35H46O12/c1-5-39-19-30-26(46-35-29(42-8-4)17-27(41-7-3)31(47-35)20-40-6-2)13-14-32(45-30)44-23-15-25(37)33-28(16-23)43-18-24(34(33)38)21-9-11-22(36)12-10-21/h9-12,15-16,18,26-27,29-32,35-37H,5-8,13-14,17,19-20H2,1-4H3/t26-,27+,29+,30+,31+,32-,35+/m0/s1. The van der Waals surface area contributed by atoms with E-state index in [1.807, 2.05) is 27.7 Å². The van der Waals surface area contributed by atoms with Gasteiger partial charge in [-0.3, -0.25) is 4.79 Å². The zero-order chi connectivity index (χ0) is 33.3. The number of fused-ring (bicyclic) bond motifs is 1. The molecule has 2 fully saturated rings. The predicted molar refractivity (Wildman–Crippen MR) is 172 cm³/mol. The van der Waals surface area contributed by atoms with Crippen LogP contribution in [0, 0.1) is 0 Å². The van der Waals surface area contributed by atoms with Gasteiger partial charge in [0.25, 0.3) is 0 Å². The van der Waals surface area contributed by atoms with Crippen LogP contribution in [-0.2, 0) is 33.2 Å². The Morgan fingerprint density at radius 3 is 2.17 bits per heavy atom. The molecule has 0 aliphatic carbocycles. The molecule has 2 N–H and O–H groups in total. The van der Waals surface area contributed by atoms with E-state index in [1.165, 1.54) is 24.5 Å². The summed E-state index contributed by atoms with van der Waals surface area (Å²) in [5.74, 6) is 0.0784. The molecule has 5 rings (SSSR count). The summed E-state index contributed by atoms with van der Waals surface area (Å²) >= 11 is 0. The van der Waals surface area contributed by atoms with Crippen LogP contribution in [0.15, 0.2) is 51.9 Å². The first kappa shape index (κ1) is 35.1. The number of benzene rings is 2. The third-order valence-corrected chi connectivity index (χ3v) is 8.24. The van der Waals surface area contributed by atoms with Crippen LogP contribution in [0.4, 0.5) is 0 Å². The number of phenols is 2. The summed E-state index contributed by atoms with van der Waals surface area (Å²) in [6.45, 7) is 10.5. The van der Waals surface area contributed by atoms with Crippen molar-refractivity contribution in [3.05, 3.63) is 52.9 Å². The Balaban J connectivity index is 1.29. The zero-order valence-electron chi connectivity index (χ0n) is 27.4. The summed E-state index contributed by atoms with van der Waals surface area (Å²) < 4.78 is 54.7. The molecule has 0 spiro atoms. The highest BCUT2D eigenvalue weighted by atomic mass is 16.7. The number of phenolic OH excluding ortho intramolecular Hbond substituents is 2. The second kappa shape index (κ2) is 16.7. The van der Waals surface area contributed by atoms with Crippen LogP contribution >= 0.6 is 0 Å². The Hall–Kier alpha value is -3.23. The van der Waals surface area contributed by atoms with Crippen LogP contribution in [0.1, 0.15) is 47.0 Å². The molecule has 0 radical (unpaired) electrons. The van der Waals surface area contributed by atoms with Crippen molar-refractivity contribution in [3.63, 3.8) is 0 Å². The van der Waals surface area contributed by atoms with Gasteiger partial charge in [0.05, 0.1) is 31.0 Å². The molecule has 2 aliphatic rings. The van der Waals surface area contributed by atoms with Gasteiger partial charge in [-0.1, -0.05) is 12.1 Å². The Labute approximate surface area is 274 Å². The fourth-order valence-corrected chi connectivity index (χ4v) is 5.99. The molecule has 0 saturated carbocycles. The third-order valence-electron chi connectivity index (χ3n) is 8.24. The van der Waals surface area contributed by atoms with Gasteiger partial charge in [0, 0.05) is 51.4 Å². The molecule has 2 aromatic carbocycles. The van der Waals surface area contributed by atoms with Gasteiger partial charge in [-0.25, -0.2) is 0 Å². The zero-order valence-corrected chi connectivity index (χ0v) is 27.4. The molecule has 258 valence electrons. The minimum Gasteiger partial charge on any atom is -0.508 e. The van der Waals surface area contributed by atoms with Crippen molar-refractivity contribution < 1.29 is 52.5 Å². The highest BCUT2D eigenvalue weighted by Gasteiger charge is 2.43. The van der Waals surface area contributed by atoms with Gasteiger partial charge in [-0.15, -0.1) is 0 Å². The highest BCUT2D eigenvalue weighted by Crippen LogP contribution is 2.34. The molecular formula is C35H46O12. The van der Waals surface area contributed by atoms with Gasteiger partial charge in [0.2, 0.25) is 5.43 Å². The van der Waals surface area contributed by atoms with Crippen LogP contribution in [-0.4, -0.2) is 93.0 Å². The van der Waals surface area contributed by atoms with Gasteiger partial charge in [-0.2, -0.15) is 0 Å². The smallest absolute Gasteiger partial charge is 0.204 e. The number of aromatic hydroxyl groups is 2. The van der Waals surface area contributed by atoms with Gasteiger partial charge in [0.15, 0.2) is 12.6 Å². The maximum atomic E-state index is 13.3. The van der Waals surface area contributed by atoms with E-state index in [2.05, 4.69) is 0 Å². The molecule has 0 bridgehead atoms. The summed E-state index contributed by atoms with van der Waals surface area (Å²) in [5, 5.41) is 20.5. The normalized spacial score (nSPS) is 26.4. The summed E-state index contributed by atoms with van der Waals surface area (Å²) in [4.78, 5) is 13.3. The van der Waals surface area contributed by atoms with Crippen molar-refractivity contribution in [2.24, 2.45) is 0 Å². The maximum Gasteiger partial charge on any atom is 0.204 e. The van der Waals surface area contributed by atoms with Crippen LogP contribution in [0.3, 0.4) is 0 Å². The Morgan fingerprint density at radius 1 is 0.809 bits per heavy atom. The number of hydrogen-bond donors (Lipinski definition) is 2. The maximum absolute atomic E-state index is 13.3. The molecule has 0 amide bonds. The SMILES string of the molecule is CCOC[C@H]1O[C@H](Oc2cc(O)c3c(=O)c(-c4ccc(O)cc4)coc3c2)CC[C@@H]1O[C@@H]1O[C@H](COCC)[C@H](OCC)C[C@H]1OCC. The lowest BCUT2D eigenvalue weighted by Crippen LogP contribution is -2.55. The third kappa shape index (κ3) is 8.63. The summed E-state index contributed by atoms with van der Waals surface area (Å²) in [6, 6.07) is 9.09. The molecule has 3 heterocycles. The topological polar surface area (TPSA) is 145 Å². The number of hydrogen-bond acceptors (Lipinski definition) is 12. The Bertz CT molecular complexity index is 1470. The van der Waals surface area contributed by atoms with E-state index in [4.69, 9.17) is 42.3 Å². The van der Waals surface area contributed by atoms with E-state index < -0.39 is 24.1 Å². The van der Waals surface area contributed by atoms with E-state index in [-0.39, 0.29) is 64.8 Å². The first-order valence-electron chi connectivity index (χ1n) is 16.4. The minimum absolute atomic E-state index is 0.0284. The van der Waals surface area contributed by atoms with E-state index in [0.29, 0.717) is 57.9 Å². The molecule has 12 heteroatoms. The van der Waals surface area contributed by atoms with Gasteiger partial charge in [-0.05, 0) is 51.8 Å². The Kier molecular flexibility index (Phi) is 12.5. The van der Waals surface area contributed by atoms with E-state index in [1.54, 1.807) is 18.2 Å². The lowest BCUT2D eigenvalue weighted by molar-refractivity contribution is -0.319. The molecule has 47 heavy (non-hydrogen) atoms. The second-order valence-electron chi connectivity index (χ2n) is 11.4. The molecule has 12 nitrogen and oxygen atoms in total. The Morgan fingerprint density at radius 2 is 1.49 bits per heavy atom. The average Bonchev–Trinajstić information content (AvgIpc) is 3.06. The van der Waals surface area contributed by atoms with E-state index >= 15 is 0 Å². The fourth-order valence-electron chi connectivity index (χ4n) is 5.99. The number of rotatable bonds is 15. The summed E-state index contributed by atoms with van der Waals surface area (Å²) in [5.41, 5.74) is 0.570. The molecule has 2 saturated heterocycles. The van der Waals surface area contributed by atoms with E-state index in [9.17, 15) is 15.0 Å². The minimum atomic E-state index is -0.678. The van der Waals surface area contributed by atoms with Crippen LogP contribution in [0.2, 0.25) is 0 Å². The van der Waals surface area contributed by atoms with Crippen molar-refractivity contribution >= 4 is 11.0 Å². The largest absolute Gasteiger partial charge is 0.508 e. The molecule has 3 aromatic rings.